The summed E-state index contributed by atoms with van der Waals surface area (Å²) in [6.45, 7) is 4.13. The van der Waals surface area contributed by atoms with Gasteiger partial charge in [-0.05, 0) is 47.0 Å². The number of imidazole rings is 1. The van der Waals surface area contributed by atoms with Crippen LogP contribution in [0, 0.1) is 12.7 Å². The fourth-order valence-electron chi connectivity index (χ4n) is 2.71. The van der Waals surface area contributed by atoms with Gasteiger partial charge in [-0.1, -0.05) is 24.3 Å². The number of hydrogen-bond acceptors (Lipinski definition) is 2. The first-order chi connectivity index (χ1) is 9.99. The summed E-state index contributed by atoms with van der Waals surface area (Å²) in [4.78, 5) is 4.27. The fourth-order valence-corrected chi connectivity index (χ4v) is 3.04. The third kappa shape index (κ3) is 2.31. The lowest BCUT2D eigenvalue weighted by molar-refractivity contribution is 0.622. The molecule has 0 amide bonds. The van der Waals surface area contributed by atoms with Crippen LogP contribution in [0.25, 0.3) is 11.0 Å². The zero-order valence-corrected chi connectivity index (χ0v) is 13.4. The fraction of sp³-hybridized carbons (Fsp3) is 0.188. The molecule has 0 saturated carbocycles. The van der Waals surface area contributed by atoms with Gasteiger partial charge in [-0.3, -0.25) is 0 Å². The Balaban J connectivity index is 2.22. The number of benzene rings is 2. The van der Waals surface area contributed by atoms with Crippen LogP contribution in [-0.4, -0.2) is 9.55 Å². The average Bonchev–Trinajstić information content (AvgIpc) is 2.74. The third-order valence-electron chi connectivity index (χ3n) is 3.78. The van der Waals surface area contributed by atoms with Crippen LogP contribution in [0.4, 0.5) is 10.3 Å². The minimum atomic E-state index is -0.337. The van der Waals surface area contributed by atoms with Crippen LogP contribution in [0.3, 0.4) is 0 Å². The van der Waals surface area contributed by atoms with Gasteiger partial charge in [-0.15, -0.1) is 0 Å². The molecule has 0 fully saturated rings. The molecule has 5 heteroatoms. The first-order valence-electron chi connectivity index (χ1n) is 6.67. The van der Waals surface area contributed by atoms with Crippen molar-refractivity contribution < 1.29 is 4.39 Å². The van der Waals surface area contributed by atoms with E-state index in [0.717, 1.165) is 5.52 Å². The van der Waals surface area contributed by atoms with Crippen molar-refractivity contribution in [2.45, 2.75) is 19.9 Å². The maximum atomic E-state index is 13.6. The maximum absolute atomic E-state index is 13.6. The monoisotopic (exact) mass is 347 g/mol. The summed E-state index contributed by atoms with van der Waals surface area (Å²) in [5.74, 6) is 0.0500. The molecule has 1 unspecified atom stereocenters. The highest BCUT2D eigenvalue weighted by Gasteiger charge is 2.18. The van der Waals surface area contributed by atoms with Crippen molar-refractivity contribution in [1.82, 2.24) is 9.55 Å². The van der Waals surface area contributed by atoms with Crippen LogP contribution in [0.1, 0.15) is 24.1 Å². The number of nitrogens with zero attached hydrogens (tertiary/aromatic N) is 2. The smallest absolute Gasteiger partial charge is 0.201 e. The molecule has 2 aromatic carbocycles. The molecule has 3 rings (SSSR count). The number of halogens is 2. The highest BCUT2D eigenvalue weighted by molar-refractivity contribution is 9.10. The predicted molar refractivity (Wildman–Crippen MR) is 86.8 cm³/mol. The van der Waals surface area contributed by atoms with E-state index in [-0.39, 0.29) is 11.9 Å². The van der Waals surface area contributed by atoms with E-state index in [0.29, 0.717) is 15.9 Å². The van der Waals surface area contributed by atoms with E-state index in [2.05, 4.69) is 46.9 Å². The van der Waals surface area contributed by atoms with Crippen molar-refractivity contribution in [2.24, 2.45) is 0 Å². The second-order valence-electron chi connectivity index (χ2n) is 5.13. The summed E-state index contributed by atoms with van der Waals surface area (Å²) in [5.41, 5.74) is 9.79. The third-order valence-corrected chi connectivity index (χ3v) is 4.39. The molecular formula is C16H15BrFN3. The Hall–Kier alpha value is -1.88. The number of fused-ring (bicyclic) bond motifs is 1. The van der Waals surface area contributed by atoms with E-state index >= 15 is 0 Å². The van der Waals surface area contributed by atoms with Crippen LogP contribution in [0.15, 0.2) is 40.9 Å². The quantitative estimate of drug-likeness (QED) is 0.744. The molecule has 1 aromatic heterocycles. The topological polar surface area (TPSA) is 43.8 Å². The number of aryl methyl sites for hydroxylation is 1. The molecule has 2 N–H and O–H groups in total. The van der Waals surface area contributed by atoms with Crippen molar-refractivity contribution in [1.29, 1.82) is 0 Å². The van der Waals surface area contributed by atoms with E-state index in [1.165, 1.54) is 17.2 Å². The van der Waals surface area contributed by atoms with Gasteiger partial charge in [0.15, 0.2) is 0 Å². The van der Waals surface area contributed by atoms with E-state index < -0.39 is 0 Å². The number of nitrogens with two attached hydrogens (primary N) is 1. The van der Waals surface area contributed by atoms with Gasteiger partial charge in [0.05, 0.1) is 21.5 Å². The van der Waals surface area contributed by atoms with Crippen molar-refractivity contribution in [3.63, 3.8) is 0 Å². The SMILES string of the molecule is Cc1ccccc1C(C)n1c(N)nc2cc(F)c(Br)cc21. The lowest BCUT2D eigenvalue weighted by Gasteiger charge is -2.18. The molecule has 0 bridgehead atoms. The van der Waals surface area contributed by atoms with Crippen molar-refractivity contribution in [2.75, 3.05) is 5.73 Å². The van der Waals surface area contributed by atoms with Gasteiger partial charge in [0, 0.05) is 6.07 Å². The summed E-state index contributed by atoms with van der Waals surface area (Å²) < 4.78 is 16.0. The van der Waals surface area contributed by atoms with Gasteiger partial charge in [-0.25, -0.2) is 9.37 Å². The number of hydrogen-bond donors (Lipinski definition) is 1. The van der Waals surface area contributed by atoms with Crippen molar-refractivity contribution in [3.8, 4) is 0 Å². The van der Waals surface area contributed by atoms with Crippen LogP contribution in [-0.2, 0) is 0 Å². The van der Waals surface area contributed by atoms with Gasteiger partial charge in [0.25, 0.3) is 0 Å². The summed E-state index contributed by atoms with van der Waals surface area (Å²) >= 11 is 3.22. The molecular weight excluding hydrogens is 333 g/mol. The minimum absolute atomic E-state index is 0.0218. The first-order valence-corrected chi connectivity index (χ1v) is 7.46. The van der Waals surface area contributed by atoms with Crippen LogP contribution in [0.2, 0.25) is 0 Å². The number of nitrogen functional groups attached to an aromatic ring is 1. The molecule has 0 saturated heterocycles. The van der Waals surface area contributed by atoms with Crippen LogP contribution < -0.4 is 5.73 Å². The number of anilines is 1. The van der Waals surface area contributed by atoms with Gasteiger partial charge < -0.3 is 10.3 Å². The first kappa shape index (κ1) is 14.1. The highest BCUT2D eigenvalue weighted by atomic mass is 79.9. The summed E-state index contributed by atoms with van der Waals surface area (Å²) in [7, 11) is 0. The minimum Gasteiger partial charge on any atom is -0.369 e. The molecule has 21 heavy (non-hydrogen) atoms. The Kier molecular flexibility index (Phi) is 3.45. The molecule has 1 atom stereocenters. The molecule has 3 nitrogen and oxygen atoms in total. The standard InChI is InChI=1S/C16H15BrFN3/c1-9-5-3-4-6-11(9)10(2)21-15-7-12(17)13(18)8-14(15)20-16(21)19/h3-8,10H,1-2H3,(H2,19,20). The van der Waals surface area contributed by atoms with Crippen molar-refractivity contribution >= 4 is 32.9 Å². The second kappa shape index (κ2) is 5.15. The largest absolute Gasteiger partial charge is 0.369 e. The summed E-state index contributed by atoms with van der Waals surface area (Å²) in [5, 5.41) is 0. The Morgan fingerprint density at radius 3 is 2.71 bits per heavy atom. The van der Waals surface area contributed by atoms with E-state index in [1.807, 2.05) is 16.7 Å². The molecule has 3 aromatic rings. The molecule has 0 aliphatic rings. The molecule has 0 aliphatic heterocycles. The number of rotatable bonds is 2. The zero-order chi connectivity index (χ0) is 15.1. The van der Waals surface area contributed by atoms with Crippen LogP contribution >= 0.6 is 15.9 Å². The van der Waals surface area contributed by atoms with Gasteiger partial charge in [-0.2, -0.15) is 0 Å². The Morgan fingerprint density at radius 1 is 1.29 bits per heavy atom. The Morgan fingerprint density at radius 2 is 2.00 bits per heavy atom. The number of aromatic nitrogens is 2. The van der Waals surface area contributed by atoms with E-state index in [9.17, 15) is 4.39 Å². The Bertz CT molecular complexity index is 826. The molecule has 0 spiro atoms. The highest BCUT2D eigenvalue weighted by Crippen LogP contribution is 2.31. The second-order valence-corrected chi connectivity index (χ2v) is 5.98. The molecule has 0 radical (unpaired) electrons. The van der Waals surface area contributed by atoms with Gasteiger partial charge >= 0.3 is 0 Å². The molecule has 1 heterocycles. The zero-order valence-electron chi connectivity index (χ0n) is 11.8. The van der Waals surface area contributed by atoms with E-state index in [4.69, 9.17) is 5.73 Å². The van der Waals surface area contributed by atoms with Gasteiger partial charge in [0.2, 0.25) is 5.95 Å². The lowest BCUT2D eigenvalue weighted by atomic mass is 10.0. The predicted octanol–water partition coefficient (Wildman–Crippen LogP) is 4.44. The Labute approximate surface area is 130 Å². The van der Waals surface area contributed by atoms with Crippen molar-refractivity contribution in [3.05, 3.63) is 57.8 Å². The molecule has 108 valence electrons. The normalized spacial score (nSPS) is 12.8. The molecule has 0 aliphatic carbocycles. The maximum Gasteiger partial charge on any atom is 0.201 e. The summed E-state index contributed by atoms with van der Waals surface area (Å²) in [6.07, 6.45) is 0. The van der Waals surface area contributed by atoms with E-state index in [1.54, 1.807) is 6.07 Å². The van der Waals surface area contributed by atoms with Crippen LogP contribution in [0.5, 0.6) is 0 Å². The summed E-state index contributed by atoms with van der Waals surface area (Å²) in [6, 6.07) is 11.3. The lowest BCUT2D eigenvalue weighted by Crippen LogP contribution is -2.11. The average molecular weight is 348 g/mol. The van der Waals surface area contributed by atoms with Gasteiger partial charge in [0.1, 0.15) is 5.82 Å².